The van der Waals surface area contributed by atoms with E-state index in [1.54, 1.807) is 6.07 Å². The third-order valence-electron chi connectivity index (χ3n) is 4.66. The quantitative estimate of drug-likeness (QED) is 0.551. The van der Waals surface area contributed by atoms with Crippen LogP contribution in [0.3, 0.4) is 0 Å². The minimum atomic E-state index is -4.83. The highest BCUT2D eigenvalue weighted by molar-refractivity contribution is 5.33. The van der Waals surface area contributed by atoms with E-state index >= 15 is 0 Å². The van der Waals surface area contributed by atoms with Crippen LogP contribution in [0.4, 0.5) is 13.2 Å². The van der Waals surface area contributed by atoms with Crippen molar-refractivity contribution in [2.24, 2.45) is 0 Å². The molecule has 1 saturated heterocycles. The van der Waals surface area contributed by atoms with Crippen LogP contribution in [-0.2, 0) is 20.3 Å². The van der Waals surface area contributed by atoms with Gasteiger partial charge in [-0.2, -0.15) is 22.9 Å². The summed E-state index contributed by atoms with van der Waals surface area (Å²) in [5.74, 6) is -3.59. The number of benzene rings is 3. The van der Waals surface area contributed by atoms with Gasteiger partial charge < -0.3 is 4.74 Å². The molecule has 0 spiro atoms. The summed E-state index contributed by atoms with van der Waals surface area (Å²) in [4.78, 5) is 10.1. The first-order valence-corrected chi connectivity index (χ1v) is 8.76. The van der Waals surface area contributed by atoms with E-state index in [1.165, 1.54) is 24.3 Å². The van der Waals surface area contributed by atoms with Crippen molar-refractivity contribution < 1.29 is 27.7 Å². The number of hydrogen-bond donors (Lipinski definition) is 0. The van der Waals surface area contributed by atoms with Crippen LogP contribution in [0.25, 0.3) is 0 Å². The van der Waals surface area contributed by atoms with Crippen LogP contribution in [0.1, 0.15) is 22.6 Å². The van der Waals surface area contributed by atoms with Gasteiger partial charge in [0.25, 0.3) is 0 Å². The van der Waals surface area contributed by atoms with E-state index < -0.39 is 24.2 Å². The molecule has 0 amide bonds. The Kier molecular flexibility index (Phi) is 4.93. The van der Waals surface area contributed by atoms with Crippen molar-refractivity contribution in [2.45, 2.75) is 24.2 Å². The first-order valence-electron chi connectivity index (χ1n) is 8.76. The summed E-state index contributed by atoms with van der Waals surface area (Å²) < 4.78 is 47.5. The van der Waals surface area contributed by atoms with Gasteiger partial charge in [0.2, 0.25) is 6.29 Å². The third kappa shape index (κ3) is 3.30. The maximum Gasteiger partial charge on any atom is 0.451 e. The van der Waals surface area contributed by atoms with E-state index in [0.29, 0.717) is 0 Å². The molecular formula is C22H17F3O3. The second-order valence-electron chi connectivity index (χ2n) is 6.45. The smallest absolute Gasteiger partial charge is 0.303 e. The van der Waals surface area contributed by atoms with Crippen molar-refractivity contribution in [3.05, 3.63) is 108 Å². The predicted octanol–water partition coefficient (Wildman–Crippen LogP) is 5.54. The Balaban J connectivity index is 1.76. The molecule has 144 valence electrons. The van der Waals surface area contributed by atoms with Gasteiger partial charge >= 0.3 is 12.0 Å². The summed E-state index contributed by atoms with van der Waals surface area (Å²) in [6, 6.07) is 25.4. The second kappa shape index (κ2) is 7.39. The van der Waals surface area contributed by atoms with Crippen LogP contribution in [0.5, 0.6) is 0 Å². The third-order valence-corrected chi connectivity index (χ3v) is 4.66. The molecule has 3 aromatic carbocycles. The van der Waals surface area contributed by atoms with Crippen LogP contribution in [0.15, 0.2) is 91.0 Å². The fourth-order valence-corrected chi connectivity index (χ4v) is 3.32. The molecule has 3 nitrogen and oxygen atoms in total. The summed E-state index contributed by atoms with van der Waals surface area (Å²) in [5, 5.41) is 0. The van der Waals surface area contributed by atoms with Gasteiger partial charge in [0.05, 0.1) is 5.92 Å². The van der Waals surface area contributed by atoms with Crippen molar-refractivity contribution in [1.29, 1.82) is 0 Å². The van der Waals surface area contributed by atoms with E-state index in [4.69, 9.17) is 14.5 Å². The van der Waals surface area contributed by atoms with Gasteiger partial charge in [-0.05, 0) is 11.1 Å². The highest BCUT2D eigenvalue weighted by Gasteiger charge is 2.66. The van der Waals surface area contributed by atoms with E-state index in [2.05, 4.69) is 0 Å². The number of rotatable bonds is 4. The first kappa shape index (κ1) is 18.7. The Morgan fingerprint density at radius 1 is 0.714 bits per heavy atom. The van der Waals surface area contributed by atoms with Crippen LogP contribution >= 0.6 is 0 Å². The molecule has 28 heavy (non-hydrogen) atoms. The molecule has 3 aromatic rings. The summed E-state index contributed by atoms with van der Waals surface area (Å²) in [7, 11) is 0. The van der Waals surface area contributed by atoms with Gasteiger partial charge in [-0.25, -0.2) is 0 Å². The second-order valence-corrected chi connectivity index (χ2v) is 6.45. The summed E-state index contributed by atoms with van der Waals surface area (Å²) in [5.41, 5.74) is 1.34. The fraction of sp³-hybridized carbons (Fsp3) is 0.182. The van der Waals surface area contributed by atoms with E-state index in [9.17, 15) is 13.2 Å². The largest absolute Gasteiger partial charge is 0.451 e. The molecule has 0 aromatic heterocycles. The normalized spacial score (nSPS) is 22.5. The molecule has 4 rings (SSSR count). The van der Waals surface area contributed by atoms with E-state index in [1.807, 2.05) is 60.7 Å². The highest BCUT2D eigenvalue weighted by Crippen LogP contribution is 2.50. The molecular weight excluding hydrogens is 369 g/mol. The van der Waals surface area contributed by atoms with E-state index in [0.717, 1.165) is 11.1 Å². The topological polar surface area (TPSA) is 27.7 Å². The molecule has 1 aliphatic heterocycles. The monoisotopic (exact) mass is 386 g/mol. The molecule has 0 saturated carbocycles. The van der Waals surface area contributed by atoms with Crippen molar-refractivity contribution >= 4 is 0 Å². The lowest BCUT2D eigenvalue weighted by Crippen LogP contribution is -2.44. The Morgan fingerprint density at radius 3 is 1.64 bits per heavy atom. The van der Waals surface area contributed by atoms with Gasteiger partial charge in [0.1, 0.15) is 0 Å². The maximum absolute atomic E-state index is 14.0. The lowest BCUT2D eigenvalue weighted by molar-refractivity contribution is -0.419. The summed E-state index contributed by atoms with van der Waals surface area (Å²) in [6.45, 7) is 0. The van der Waals surface area contributed by atoms with Gasteiger partial charge in [0.15, 0.2) is 0 Å². The molecule has 6 heteroatoms. The first-order chi connectivity index (χ1) is 13.5. The number of alkyl halides is 3. The Bertz CT molecular complexity index is 861. The summed E-state index contributed by atoms with van der Waals surface area (Å²) >= 11 is 0. The lowest BCUT2D eigenvalue weighted by atomic mass is 9.90. The Morgan fingerprint density at radius 2 is 1.18 bits per heavy atom. The molecule has 1 aliphatic rings. The van der Waals surface area contributed by atoms with Crippen molar-refractivity contribution in [3.8, 4) is 0 Å². The van der Waals surface area contributed by atoms with Gasteiger partial charge in [-0.1, -0.05) is 91.0 Å². The number of hydrogen-bond acceptors (Lipinski definition) is 3. The van der Waals surface area contributed by atoms with Gasteiger partial charge in [0, 0.05) is 5.56 Å². The van der Waals surface area contributed by atoms with Crippen molar-refractivity contribution in [2.75, 3.05) is 0 Å². The van der Waals surface area contributed by atoms with Crippen LogP contribution in [-0.4, -0.2) is 12.5 Å². The predicted molar refractivity (Wildman–Crippen MR) is 95.9 cm³/mol. The molecule has 0 radical (unpaired) electrons. The van der Waals surface area contributed by atoms with Gasteiger partial charge in [-0.15, -0.1) is 0 Å². The highest BCUT2D eigenvalue weighted by atomic mass is 19.4. The SMILES string of the molecule is FC(F)(F)C1(c2ccccc2)OOC(C(c2ccccc2)c2ccccc2)O1. The standard InChI is InChI=1S/C22H17F3O3/c23-22(24,25)21(18-14-8-3-9-15-18)26-20(27-28-21)19(16-10-4-1-5-11-16)17-12-6-2-7-13-17/h1-15,19-20H. The van der Waals surface area contributed by atoms with Gasteiger partial charge in [-0.3, -0.25) is 0 Å². The summed E-state index contributed by atoms with van der Waals surface area (Å²) in [6.07, 6.45) is -6.12. The minimum absolute atomic E-state index is 0.176. The average molecular weight is 386 g/mol. The molecule has 2 atom stereocenters. The molecule has 0 aliphatic carbocycles. The molecule has 0 N–H and O–H groups in total. The van der Waals surface area contributed by atoms with Crippen molar-refractivity contribution in [3.63, 3.8) is 0 Å². The number of ether oxygens (including phenoxy) is 1. The van der Waals surface area contributed by atoms with Crippen LogP contribution < -0.4 is 0 Å². The zero-order valence-corrected chi connectivity index (χ0v) is 14.7. The van der Waals surface area contributed by atoms with Crippen molar-refractivity contribution in [1.82, 2.24) is 0 Å². The zero-order valence-electron chi connectivity index (χ0n) is 14.7. The molecule has 0 bridgehead atoms. The van der Waals surface area contributed by atoms with E-state index in [-0.39, 0.29) is 5.56 Å². The Hall–Kier alpha value is -2.67. The molecule has 1 fully saturated rings. The lowest BCUT2D eigenvalue weighted by Gasteiger charge is -2.29. The molecule has 1 heterocycles. The average Bonchev–Trinajstić information content (AvgIpc) is 3.17. The zero-order chi connectivity index (χ0) is 19.6. The minimum Gasteiger partial charge on any atom is -0.303 e. The van der Waals surface area contributed by atoms with Crippen LogP contribution in [0.2, 0.25) is 0 Å². The maximum atomic E-state index is 14.0. The Labute approximate surface area is 160 Å². The van der Waals surface area contributed by atoms with Crippen LogP contribution in [0, 0.1) is 0 Å². The molecule has 2 unspecified atom stereocenters. The fourth-order valence-electron chi connectivity index (χ4n) is 3.32. The number of halogens is 3.